The molecule has 3 aromatic heterocycles. The number of amides is 1. The number of nitrogens with zero attached hydrogens (tertiary/aromatic N) is 2. The highest BCUT2D eigenvalue weighted by Gasteiger charge is 2.24. The zero-order valence-electron chi connectivity index (χ0n) is 20.2. The molecule has 4 rings (SSSR count). The molecule has 1 aromatic carbocycles. The van der Waals surface area contributed by atoms with Gasteiger partial charge in [0.1, 0.15) is 0 Å². The summed E-state index contributed by atoms with van der Waals surface area (Å²) in [5, 5.41) is 0.842. The maximum Gasteiger partial charge on any atom is 0.255 e. The lowest BCUT2D eigenvalue weighted by Gasteiger charge is -2.28. The number of methoxy groups -OCH3 is 1. The number of hydrogen-bond acceptors (Lipinski definition) is 4. The maximum absolute atomic E-state index is 13.9. The Balaban J connectivity index is 1.78. The molecule has 0 bridgehead atoms. The monoisotopic (exact) mass is 458 g/mol. The van der Waals surface area contributed by atoms with Crippen molar-refractivity contribution >= 4 is 16.8 Å². The number of aromatic nitrogens is 3. The zero-order valence-corrected chi connectivity index (χ0v) is 20.2. The fourth-order valence-corrected chi connectivity index (χ4v) is 4.27. The van der Waals surface area contributed by atoms with E-state index < -0.39 is 0 Å². The molecular weight excluding hydrogens is 428 g/mol. The Morgan fingerprint density at radius 3 is 2.59 bits per heavy atom. The normalized spacial score (nSPS) is 11.2. The summed E-state index contributed by atoms with van der Waals surface area (Å²) in [6.07, 6.45) is 4.29. The van der Waals surface area contributed by atoms with Crippen LogP contribution in [0.4, 0.5) is 0 Å². The van der Waals surface area contributed by atoms with Crippen LogP contribution in [0.5, 0.6) is 5.88 Å². The highest BCUT2D eigenvalue weighted by Crippen LogP contribution is 2.29. The third kappa shape index (κ3) is 4.46. The molecule has 34 heavy (non-hydrogen) atoms. The molecule has 0 aliphatic carbocycles. The van der Waals surface area contributed by atoms with Gasteiger partial charge in [0.15, 0.2) is 0 Å². The third-order valence-corrected chi connectivity index (χ3v) is 6.13. The molecular formula is C27H30N4O3. The van der Waals surface area contributed by atoms with Crippen molar-refractivity contribution in [2.45, 2.75) is 46.7 Å². The predicted octanol–water partition coefficient (Wildman–Crippen LogP) is 4.85. The highest BCUT2D eigenvalue weighted by atomic mass is 16.5. The maximum atomic E-state index is 13.9. The lowest BCUT2D eigenvalue weighted by atomic mass is 9.99. The predicted molar refractivity (Wildman–Crippen MR) is 134 cm³/mol. The molecule has 0 saturated heterocycles. The first-order valence-corrected chi connectivity index (χ1v) is 11.5. The van der Waals surface area contributed by atoms with E-state index in [0.717, 1.165) is 39.7 Å². The summed E-state index contributed by atoms with van der Waals surface area (Å²) in [6.45, 7) is 8.08. The van der Waals surface area contributed by atoms with Crippen LogP contribution in [0.1, 0.15) is 48.0 Å². The summed E-state index contributed by atoms with van der Waals surface area (Å²) in [5.74, 6) is 0.409. The average Bonchev–Trinajstić information content (AvgIpc) is 3.30. The van der Waals surface area contributed by atoms with Crippen LogP contribution < -0.4 is 10.3 Å². The second-order valence-electron chi connectivity index (χ2n) is 8.72. The Morgan fingerprint density at radius 2 is 1.94 bits per heavy atom. The summed E-state index contributed by atoms with van der Waals surface area (Å²) in [5.41, 5.74) is 5.48. The van der Waals surface area contributed by atoms with Crippen LogP contribution in [-0.2, 0) is 13.0 Å². The number of pyridine rings is 2. The minimum absolute atomic E-state index is 0.0989. The number of ether oxygens (including phenoxy) is 1. The van der Waals surface area contributed by atoms with E-state index >= 15 is 0 Å². The summed E-state index contributed by atoms with van der Waals surface area (Å²) in [7, 11) is 1.58. The second kappa shape index (κ2) is 9.55. The lowest BCUT2D eigenvalue weighted by molar-refractivity contribution is 0.0691. The Labute approximate surface area is 198 Å². The molecule has 1 amide bonds. The smallest absolute Gasteiger partial charge is 0.255 e. The average molecular weight is 459 g/mol. The minimum Gasteiger partial charge on any atom is -0.481 e. The summed E-state index contributed by atoms with van der Waals surface area (Å²) < 4.78 is 5.17. The van der Waals surface area contributed by atoms with Crippen molar-refractivity contribution in [1.82, 2.24) is 19.9 Å². The first-order valence-electron chi connectivity index (χ1n) is 11.5. The number of benzene rings is 1. The fraction of sp³-hybridized carbons (Fsp3) is 0.296. The summed E-state index contributed by atoms with van der Waals surface area (Å²) >= 11 is 0. The first kappa shape index (κ1) is 23.3. The van der Waals surface area contributed by atoms with E-state index in [0.29, 0.717) is 17.0 Å². The number of fused-ring (bicyclic) bond motifs is 1. The standard InChI is InChI=1S/C27H30N4O3/c1-6-18-11-17(4)30-26(32)23(18)15-31(16(2)3)27(33)22-12-20(13-24-21(22)9-10-28-24)19-7-8-25(34-5)29-14-19/h7-14,16,28H,6,15H2,1-5H3,(H,30,32). The van der Waals surface area contributed by atoms with Gasteiger partial charge in [-0.05, 0) is 68.7 Å². The molecule has 2 N–H and O–H groups in total. The summed E-state index contributed by atoms with van der Waals surface area (Å²) in [6, 6.07) is 11.4. The molecule has 7 nitrogen and oxygen atoms in total. The number of nitrogens with one attached hydrogen (secondary N) is 2. The number of hydrogen-bond donors (Lipinski definition) is 2. The number of H-pyrrole nitrogens is 2. The topological polar surface area (TPSA) is 91.1 Å². The Morgan fingerprint density at radius 1 is 1.15 bits per heavy atom. The van der Waals surface area contributed by atoms with Crippen molar-refractivity contribution in [1.29, 1.82) is 0 Å². The largest absolute Gasteiger partial charge is 0.481 e. The summed E-state index contributed by atoms with van der Waals surface area (Å²) in [4.78, 5) is 38.9. The molecule has 0 atom stereocenters. The van der Waals surface area contributed by atoms with Crippen LogP contribution in [0.2, 0.25) is 0 Å². The van der Waals surface area contributed by atoms with Crippen LogP contribution in [-0.4, -0.2) is 38.9 Å². The Hall–Kier alpha value is -3.87. The highest BCUT2D eigenvalue weighted by molar-refractivity contribution is 6.08. The van der Waals surface area contributed by atoms with Gasteiger partial charge in [-0.2, -0.15) is 0 Å². The van der Waals surface area contributed by atoms with Gasteiger partial charge in [-0.15, -0.1) is 0 Å². The minimum atomic E-state index is -0.139. The Bertz CT molecular complexity index is 1380. The zero-order chi connectivity index (χ0) is 24.4. The van der Waals surface area contributed by atoms with Gasteiger partial charge in [0, 0.05) is 57.8 Å². The van der Waals surface area contributed by atoms with Crippen molar-refractivity contribution in [3.05, 3.63) is 81.5 Å². The lowest BCUT2D eigenvalue weighted by Crippen LogP contribution is -2.38. The molecule has 0 spiro atoms. The molecule has 0 aliphatic heterocycles. The Kier molecular flexibility index (Phi) is 6.54. The molecule has 0 saturated carbocycles. The van der Waals surface area contributed by atoms with Gasteiger partial charge in [0.2, 0.25) is 5.88 Å². The second-order valence-corrected chi connectivity index (χ2v) is 8.72. The van der Waals surface area contributed by atoms with E-state index in [4.69, 9.17) is 4.74 Å². The van der Waals surface area contributed by atoms with E-state index in [2.05, 4.69) is 15.0 Å². The molecule has 0 radical (unpaired) electrons. The third-order valence-electron chi connectivity index (χ3n) is 6.13. The molecule has 4 aromatic rings. The number of aryl methyl sites for hydroxylation is 2. The van der Waals surface area contributed by atoms with Gasteiger partial charge < -0.3 is 19.6 Å². The van der Waals surface area contributed by atoms with E-state index in [-0.39, 0.29) is 24.1 Å². The number of carbonyl (C=O) groups excluding carboxylic acids is 1. The van der Waals surface area contributed by atoms with Gasteiger partial charge in [0.05, 0.1) is 13.7 Å². The van der Waals surface area contributed by atoms with Crippen molar-refractivity contribution in [2.75, 3.05) is 7.11 Å². The van der Waals surface area contributed by atoms with Crippen LogP contribution in [0.25, 0.3) is 22.0 Å². The van der Waals surface area contributed by atoms with Gasteiger partial charge >= 0.3 is 0 Å². The fourth-order valence-electron chi connectivity index (χ4n) is 4.27. The number of rotatable bonds is 7. The molecule has 176 valence electrons. The van der Waals surface area contributed by atoms with E-state index in [1.165, 1.54) is 0 Å². The van der Waals surface area contributed by atoms with E-state index in [9.17, 15) is 9.59 Å². The molecule has 0 unspecified atom stereocenters. The number of aromatic amines is 2. The van der Waals surface area contributed by atoms with Gasteiger partial charge in [-0.1, -0.05) is 6.92 Å². The molecule has 0 fully saturated rings. The molecule has 7 heteroatoms. The van der Waals surface area contributed by atoms with Crippen LogP contribution in [0.3, 0.4) is 0 Å². The van der Waals surface area contributed by atoms with Crippen LogP contribution >= 0.6 is 0 Å². The quantitative estimate of drug-likeness (QED) is 0.414. The van der Waals surface area contributed by atoms with Gasteiger partial charge in [-0.25, -0.2) is 4.98 Å². The van der Waals surface area contributed by atoms with Crippen LogP contribution in [0, 0.1) is 6.92 Å². The van der Waals surface area contributed by atoms with Gasteiger partial charge in [0.25, 0.3) is 11.5 Å². The van der Waals surface area contributed by atoms with Crippen molar-refractivity contribution in [3.8, 4) is 17.0 Å². The van der Waals surface area contributed by atoms with Crippen molar-refractivity contribution in [2.24, 2.45) is 0 Å². The van der Waals surface area contributed by atoms with Gasteiger partial charge in [-0.3, -0.25) is 9.59 Å². The van der Waals surface area contributed by atoms with E-state index in [1.807, 2.05) is 64.2 Å². The number of carbonyl (C=O) groups is 1. The van der Waals surface area contributed by atoms with E-state index in [1.54, 1.807) is 24.3 Å². The molecule has 3 heterocycles. The molecule has 0 aliphatic rings. The SMILES string of the molecule is CCc1cc(C)[nH]c(=O)c1CN(C(=O)c1cc(-c2ccc(OC)nc2)cc2[nH]ccc12)C(C)C. The van der Waals surface area contributed by atoms with Crippen molar-refractivity contribution < 1.29 is 9.53 Å². The first-order chi connectivity index (χ1) is 16.3. The van der Waals surface area contributed by atoms with Crippen LogP contribution in [0.15, 0.2) is 53.6 Å². The van der Waals surface area contributed by atoms with Crippen molar-refractivity contribution in [3.63, 3.8) is 0 Å².